The minimum absolute atomic E-state index is 0.0913. The molecule has 0 spiro atoms. The predicted octanol–water partition coefficient (Wildman–Crippen LogP) is 4.04. The molecule has 0 saturated heterocycles. The van der Waals surface area contributed by atoms with Crippen molar-refractivity contribution in [3.8, 4) is 5.75 Å². The Kier molecular flexibility index (Phi) is 4.65. The van der Waals surface area contributed by atoms with E-state index in [0.29, 0.717) is 5.56 Å². The van der Waals surface area contributed by atoms with Gasteiger partial charge in [-0.1, -0.05) is 31.0 Å². The van der Waals surface area contributed by atoms with Crippen LogP contribution in [0.5, 0.6) is 5.75 Å². The topological polar surface area (TPSA) is 35.2 Å². The summed E-state index contributed by atoms with van der Waals surface area (Å²) in [5, 5.41) is -0.0913. The Hall–Kier alpha value is -0.940. The van der Waals surface area contributed by atoms with Crippen LogP contribution in [-0.4, -0.2) is 6.36 Å². The van der Waals surface area contributed by atoms with Crippen LogP contribution in [0.4, 0.5) is 13.2 Å². The minimum atomic E-state index is -4.74. The van der Waals surface area contributed by atoms with Crippen molar-refractivity contribution >= 4 is 11.6 Å². The lowest BCUT2D eigenvalue weighted by Gasteiger charge is -2.14. The van der Waals surface area contributed by atoms with Gasteiger partial charge in [0.2, 0.25) is 0 Å². The minimum Gasteiger partial charge on any atom is -0.404 e. The molecule has 1 aromatic rings. The van der Waals surface area contributed by atoms with Crippen LogP contribution in [0.2, 0.25) is 5.02 Å². The molecule has 0 bridgehead atoms. The van der Waals surface area contributed by atoms with Gasteiger partial charge in [-0.15, -0.1) is 13.2 Å². The molecular weight excluding hydrogens is 255 g/mol. The first kappa shape index (κ1) is 14.1. The van der Waals surface area contributed by atoms with Crippen molar-refractivity contribution in [2.75, 3.05) is 0 Å². The van der Waals surface area contributed by atoms with Gasteiger partial charge in [-0.05, 0) is 24.1 Å². The van der Waals surface area contributed by atoms with Crippen molar-refractivity contribution in [1.29, 1.82) is 0 Å². The molecule has 0 unspecified atom stereocenters. The van der Waals surface area contributed by atoms with E-state index in [1.54, 1.807) is 0 Å². The Morgan fingerprint density at radius 2 is 2.06 bits per heavy atom. The summed E-state index contributed by atoms with van der Waals surface area (Å²) in [7, 11) is 0. The summed E-state index contributed by atoms with van der Waals surface area (Å²) in [6, 6.07) is 3.86. The van der Waals surface area contributed by atoms with E-state index in [9.17, 15) is 13.2 Å². The Morgan fingerprint density at radius 3 is 2.53 bits per heavy atom. The van der Waals surface area contributed by atoms with Gasteiger partial charge in [-0.3, -0.25) is 0 Å². The van der Waals surface area contributed by atoms with Crippen LogP contribution in [0.3, 0.4) is 0 Å². The first-order chi connectivity index (χ1) is 7.83. The van der Waals surface area contributed by atoms with Crippen LogP contribution in [0, 0.1) is 0 Å². The molecule has 1 atom stereocenters. The van der Waals surface area contributed by atoms with Gasteiger partial charge >= 0.3 is 6.36 Å². The second kappa shape index (κ2) is 5.60. The molecule has 96 valence electrons. The number of halogens is 4. The lowest BCUT2D eigenvalue weighted by atomic mass is 10.0. The molecule has 2 nitrogen and oxygen atoms in total. The molecule has 1 rings (SSSR count). The van der Waals surface area contributed by atoms with Crippen LogP contribution >= 0.6 is 11.6 Å². The summed E-state index contributed by atoms with van der Waals surface area (Å²) in [5.41, 5.74) is 6.53. The molecule has 1 aromatic carbocycles. The lowest BCUT2D eigenvalue weighted by Crippen LogP contribution is -2.17. The number of benzene rings is 1. The zero-order valence-electron chi connectivity index (χ0n) is 9.22. The van der Waals surface area contributed by atoms with Crippen LogP contribution < -0.4 is 10.5 Å². The van der Waals surface area contributed by atoms with Gasteiger partial charge in [0.25, 0.3) is 0 Å². The molecule has 0 amide bonds. The highest BCUT2D eigenvalue weighted by Gasteiger charge is 2.32. The average molecular weight is 268 g/mol. The van der Waals surface area contributed by atoms with Crippen molar-refractivity contribution < 1.29 is 17.9 Å². The maximum Gasteiger partial charge on any atom is 0.573 e. The summed E-state index contributed by atoms with van der Waals surface area (Å²) < 4.78 is 39.7. The number of nitrogens with two attached hydrogens (primary N) is 1. The van der Waals surface area contributed by atoms with Crippen LogP contribution in [0.15, 0.2) is 18.2 Å². The smallest absolute Gasteiger partial charge is 0.404 e. The molecule has 0 aromatic heterocycles. The van der Waals surface area contributed by atoms with Crippen LogP contribution in [0.25, 0.3) is 0 Å². The maximum atomic E-state index is 12.0. The van der Waals surface area contributed by atoms with Gasteiger partial charge in [-0.25, -0.2) is 0 Å². The second-order valence-electron chi connectivity index (χ2n) is 3.63. The van der Waals surface area contributed by atoms with Crippen molar-refractivity contribution in [2.24, 2.45) is 5.73 Å². The molecule has 0 aliphatic heterocycles. The van der Waals surface area contributed by atoms with E-state index < -0.39 is 12.1 Å². The predicted molar refractivity (Wildman–Crippen MR) is 60.0 cm³/mol. The summed E-state index contributed by atoms with van der Waals surface area (Å²) in [6.45, 7) is 1.97. The van der Waals surface area contributed by atoms with Crippen LogP contribution in [0.1, 0.15) is 31.4 Å². The van der Waals surface area contributed by atoms with Crippen molar-refractivity contribution in [1.82, 2.24) is 0 Å². The monoisotopic (exact) mass is 267 g/mol. The molecule has 0 heterocycles. The highest BCUT2D eigenvalue weighted by atomic mass is 35.5. The van der Waals surface area contributed by atoms with E-state index in [1.807, 2.05) is 6.92 Å². The molecule has 0 aliphatic carbocycles. The lowest BCUT2D eigenvalue weighted by molar-refractivity contribution is -0.274. The zero-order valence-corrected chi connectivity index (χ0v) is 9.98. The molecule has 6 heteroatoms. The van der Waals surface area contributed by atoms with E-state index in [4.69, 9.17) is 17.3 Å². The van der Waals surface area contributed by atoms with Crippen molar-refractivity contribution in [3.05, 3.63) is 28.8 Å². The number of hydrogen-bond donors (Lipinski definition) is 1. The van der Waals surface area contributed by atoms with E-state index in [0.717, 1.165) is 12.8 Å². The van der Waals surface area contributed by atoms with Gasteiger partial charge < -0.3 is 10.5 Å². The Labute approximate surface area is 103 Å². The number of hydrogen-bond acceptors (Lipinski definition) is 2. The third kappa shape index (κ3) is 4.44. The Bertz CT molecular complexity index is 381. The highest BCUT2D eigenvalue weighted by molar-refractivity contribution is 6.32. The maximum absolute atomic E-state index is 12.0. The van der Waals surface area contributed by atoms with Gasteiger partial charge in [0.15, 0.2) is 0 Å². The third-order valence-electron chi connectivity index (χ3n) is 2.21. The summed E-state index contributed by atoms with van der Waals surface area (Å²) in [6.07, 6.45) is -3.11. The first-order valence-electron chi connectivity index (χ1n) is 5.14. The zero-order chi connectivity index (χ0) is 13.1. The molecular formula is C11H13ClF3NO. The fourth-order valence-electron chi connectivity index (χ4n) is 1.43. The van der Waals surface area contributed by atoms with E-state index in [2.05, 4.69) is 4.74 Å². The highest BCUT2D eigenvalue weighted by Crippen LogP contribution is 2.32. The molecule has 0 aliphatic rings. The average Bonchev–Trinajstić information content (AvgIpc) is 2.19. The summed E-state index contributed by atoms with van der Waals surface area (Å²) in [5.74, 6) is -0.411. The van der Waals surface area contributed by atoms with Crippen LogP contribution in [-0.2, 0) is 0 Å². The molecule has 17 heavy (non-hydrogen) atoms. The SMILES string of the molecule is CCC[C@@H](N)c1ccc(OC(F)(F)F)c(Cl)c1. The molecule has 0 saturated carbocycles. The van der Waals surface area contributed by atoms with E-state index in [1.165, 1.54) is 18.2 Å². The molecule has 2 N–H and O–H groups in total. The van der Waals surface area contributed by atoms with Gasteiger partial charge in [-0.2, -0.15) is 0 Å². The van der Waals surface area contributed by atoms with Gasteiger partial charge in [0.05, 0.1) is 5.02 Å². The third-order valence-corrected chi connectivity index (χ3v) is 2.50. The Morgan fingerprint density at radius 1 is 1.41 bits per heavy atom. The Balaban J connectivity index is 2.86. The van der Waals surface area contributed by atoms with Gasteiger partial charge in [0, 0.05) is 6.04 Å². The van der Waals surface area contributed by atoms with E-state index in [-0.39, 0.29) is 11.1 Å². The first-order valence-corrected chi connectivity index (χ1v) is 5.52. The normalized spacial score (nSPS) is 13.5. The molecule has 0 radical (unpaired) electrons. The number of rotatable bonds is 4. The standard InChI is InChI=1S/C11H13ClF3NO/c1-2-3-9(16)7-4-5-10(8(12)6-7)17-11(13,14)15/h4-6,9H,2-3,16H2,1H3/t9-/m1/s1. The summed E-state index contributed by atoms with van der Waals surface area (Å²) in [4.78, 5) is 0. The summed E-state index contributed by atoms with van der Waals surface area (Å²) >= 11 is 5.70. The molecule has 0 fully saturated rings. The van der Waals surface area contributed by atoms with Gasteiger partial charge in [0.1, 0.15) is 5.75 Å². The van der Waals surface area contributed by atoms with E-state index >= 15 is 0 Å². The largest absolute Gasteiger partial charge is 0.573 e. The fourth-order valence-corrected chi connectivity index (χ4v) is 1.66. The fraction of sp³-hybridized carbons (Fsp3) is 0.455. The van der Waals surface area contributed by atoms with Crippen molar-refractivity contribution in [3.63, 3.8) is 0 Å². The van der Waals surface area contributed by atoms with Crippen molar-refractivity contribution in [2.45, 2.75) is 32.2 Å². The second-order valence-corrected chi connectivity index (χ2v) is 4.04. The quantitative estimate of drug-likeness (QED) is 0.894. The number of ether oxygens (including phenoxy) is 1. The number of alkyl halides is 3.